The summed E-state index contributed by atoms with van der Waals surface area (Å²) in [4.78, 5) is 11.8. The second kappa shape index (κ2) is 6.18. The van der Waals surface area contributed by atoms with Crippen molar-refractivity contribution in [1.29, 1.82) is 0 Å². The number of amides is 1. The molecule has 0 spiro atoms. The van der Waals surface area contributed by atoms with Gasteiger partial charge in [0.2, 0.25) is 0 Å². The summed E-state index contributed by atoms with van der Waals surface area (Å²) in [5, 5.41) is 20.7. The number of rotatable bonds is 4. The summed E-state index contributed by atoms with van der Waals surface area (Å²) in [5.41, 5.74) is 1.94. The van der Waals surface area contributed by atoms with E-state index in [1.807, 2.05) is 18.2 Å². The molecule has 0 saturated heterocycles. The van der Waals surface area contributed by atoms with Crippen molar-refractivity contribution in [2.45, 2.75) is 6.54 Å². The summed E-state index contributed by atoms with van der Waals surface area (Å²) in [5.74, 6) is -0.133. The molecule has 3 N–H and O–H groups in total. The molecule has 0 fully saturated rings. The SMILES string of the molecule is O=C(NCc1ccc(B(O)O)cc1)c1ccccc1. The van der Waals surface area contributed by atoms with Crippen LogP contribution in [0.1, 0.15) is 15.9 Å². The van der Waals surface area contributed by atoms with Gasteiger partial charge in [-0.1, -0.05) is 42.5 Å². The van der Waals surface area contributed by atoms with Gasteiger partial charge in [0.15, 0.2) is 0 Å². The maximum atomic E-state index is 11.8. The Balaban J connectivity index is 1.94. The number of hydrogen-bond donors (Lipinski definition) is 3. The van der Waals surface area contributed by atoms with E-state index in [-0.39, 0.29) is 5.91 Å². The smallest absolute Gasteiger partial charge is 0.423 e. The third-order valence-corrected chi connectivity index (χ3v) is 2.77. The normalized spacial score (nSPS) is 10.0. The van der Waals surface area contributed by atoms with Crippen molar-refractivity contribution in [3.63, 3.8) is 0 Å². The van der Waals surface area contributed by atoms with Gasteiger partial charge in [0.25, 0.3) is 5.91 Å². The van der Waals surface area contributed by atoms with Gasteiger partial charge in [-0.05, 0) is 23.2 Å². The van der Waals surface area contributed by atoms with Gasteiger partial charge in [0, 0.05) is 12.1 Å². The highest BCUT2D eigenvalue weighted by Gasteiger charge is 2.10. The number of carbonyl (C=O) groups is 1. The first-order chi connectivity index (χ1) is 9.16. The zero-order valence-corrected chi connectivity index (χ0v) is 10.3. The quantitative estimate of drug-likeness (QED) is 0.688. The van der Waals surface area contributed by atoms with E-state index >= 15 is 0 Å². The van der Waals surface area contributed by atoms with Crippen molar-refractivity contribution < 1.29 is 14.8 Å². The molecule has 2 rings (SSSR count). The molecule has 2 aromatic rings. The summed E-state index contributed by atoms with van der Waals surface area (Å²) in [6, 6.07) is 15.7. The molecule has 96 valence electrons. The van der Waals surface area contributed by atoms with Crippen LogP contribution in [-0.4, -0.2) is 23.1 Å². The van der Waals surface area contributed by atoms with Crippen molar-refractivity contribution in [2.75, 3.05) is 0 Å². The standard InChI is InChI=1S/C14H14BNO3/c17-14(12-4-2-1-3-5-12)16-10-11-6-8-13(9-7-11)15(18)19/h1-9,18-19H,10H2,(H,16,17). The summed E-state index contributed by atoms with van der Waals surface area (Å²) in [6.07, 6.45) is 0. The number of benzene rings is 2. The average Bonchev–Trinajstić information content (AvgIpc) is 2.46. The Bertz CT molecular complexity index is 540. The molecule has 0 aromatic heterocycles. The van der Waals surface area contributed by atoms with Crippen LogP contribution in [-0.2, 0) is 6.54 Å². The summed E-state index contributed by atoms with van der Waals surface area (Å²) < 4.78 is 0. The maximum Gasteiger partial charge on any atom is 0.488 e. The van der Waals surface area contributed by atoms with Gasteiger partial charge in [-0.25, -0.2) is 0 Å². The second-order valence-electron chi connectivity index (χ2n) is 4.16. The lowest BCUT2D eigenvalue weighted by Crippen LogP contribution is -2.29. The van der Waals surface area contributed by atoms with Crippen molar-refractivity contribution in [3.8, 4) is 0 Å². The molecule has 0 aliphatic rings. The zero-order valence-electron chi connectivity index (χ0n) is 10.3. The first-order valence-corrected chi connectivity index (χ1v) is 5.95. The molecule has 0 radical (unpaired) electrons. The van der Waals surface area contributed by atoms with Gasteiger partial charge in [-0.15, -0.1) is 0 Å². The van der Waals surface area contributed by atoms with E-state index in [2.05, 4.69) is 5.32 Å². The lowest BCUT2D eigenvalue weighted by molar-refractivity contribution is 0.0951. The van der Waals surface area contributed by atoms with E-state index in [1.165, 1.54) is 0 Å². The zero-order chi connectivity index (χ0) is 13.7. The predicted octanol–water partition coefficient (Wildman–Crippen LogP) is 0.296. The molecule has 0 heterocycles. The Morgan fingerprint density at radius 3 is 2.21 bits per heavy atom. The van der Waals surface area contributed by atoms with Crippen LogP contribution < -0.4 is 10.8 Å². The maximum absolute atomic E-state index is 11.8. The van der Waals surface area contributed by atoms with E-state index in [1.54, 1.807) is 36.4 Å². The molecule has 0 saturated carbocycles. The van der Waals surface area contributed by atoms with Crippen molar-refractivity contribution in [3.05, 3.63) is 65.7 Å². The molecule has 5 heteroatoms. The molecule has 0 aliphatic carbocycles. The molecule has 0 aliphatic heterocycles. The Hall–Kier alpha value is -2.11. The van der Waals surface area contributed by atoms with Gasteiger partial charge in [0.1, 0.15) is 0 Å². The van der Waals surface area contributed by atoms with Crippen LogP contribution >= 0.6 is 0 Å². The van der Waals surface area contributed by atoms with Gasteiger partial charge in [0.05, 0.1) is 0 Å². The van der Waals surface area contributed by atoms with Crippen LogP contribution in [0.25, 0.3) is 0 Å². The fraction of sp³-hybridized carbons (Fsp3) is 0.0714. The molecule has 0 unspecified atom stereocenters. The van der Waals surface area contributed by atoms with Gasteiger partial charge in [-0.2, -0.15) is 0 Å². The highest BCUT2D eigenvalue weighted by atomic mass is 16.4. The Kier molecular flexibility index (Phi) is 4.33. The van der Waals surface area contributed by atoms with Gasteiger partial charge < -0.3 is 15.4 Å². The van der Waals surface area contributed by atoms with Gasteiger partial charge >= 0.3 is 7.12 Å². The number of hydrogen-bond acceptors (Lipinski definition) is 3. The van der Waals surface area contributed by atoms with E-state index in [0.29, 0.717) is 17.6 Å². The fourth-order valence-electron chi connectivity index (χ4n) is 1.68. The highest BCUT2D eigenvalue weighted by Crippen LogP contribution is 2.01. The minimum absolute atomic E-state index is 0.133. The molecule has 0 atom stereocenters. The lowest BCUT2D eigenvalue weighted by Gasteiger charge is -2.06. The highest BCUT2D eigenvalue weighted by molar-refractivity contribution is 6.58. The monoisotopic (exact) mass is 255 g/mol. The summed E-state index contributed by atoms with van der Waals surface area (Å²) in [6.45, 7) is 0.398. The van der Waals surface area contributed by atoms with Crippen molar-refractivity contribution in [2.24, 2.45) is 0 Å². The van der Waals surface area contributed by atoms with Crippen molar-refractivity contribution >= 4 is 18.5 Å². The molecule has 1 amide bonds. The lowest BCUT2D eigenvalue weighted by atomic mass is 9.80. The van der Waals surface area contributed by atoms with Crippen LogP contribution in [0.5, 0.6) is 0 Å². The molecule has 0 bridgehead atoms. The van der Waals surface area contributed by atoms with Crippen LogP contribution in [0.15, 0.2) is 54.6 Å². The van der Waals surface area contributed by atoms with E-state index in [4.69, 9.17) is 10.0 Å². The predicted molar refractivity (Wildman–Crippen MR) is 73.9 cm³/mol. The van der Waals surface area contributed by atoms with Crippen LogP contribution in [0.3, 0.4) is 0 Å². The third kappa shape index (κ3) is 3.68. The largest absolute Gasteiger partial charge is 0.488 e. The molecule has 19 heavy (non-hydrogen) atoms. The van der Waals surface area contributed by atoms with E-state index < -0.39 is 7.12 Å². The third-order valence-electron chi connectivity index (χ3n) is 2.77. The Morgan fingerprint density at radius 2 is 1.63 bits per heavy atom. The topological polar surface area (TPSA) is 69.6 Å². The first kappa shape index (κ1) is 13.3. The fourth-order valence-corrected chi connectivity index (χ4v) is 1.68. The molecular weight excluding hydrogens is 241 g/mol. The number of nitrogens with one attached hydrogen (secondary N) is 1. The minimum atomic E-state index is -1.46. The number of carbonyl (C=O) groups excluding carboxylic acids is 1. The summed E-state index contributed by atoms with van der Waals surface area (Å²) in [7, 11) is -1.46. The average molecular weight is 255 g/mol. The Morgan fingerprint density at radius 1 is 1.00 bits per heavy atom. The van der Waals surface area contributed by atoms with Crippen LogP contribution in [0, 0.1) is 0 Å². The first-order valence-electron chi connectivity index (χ1n) is 5.95. The molecule has 4 nitrogen and oxygen atoms in total. The van der Waals surface area contributed by atoms with Crippen LogP contribution in [0.4, 0.5) is 0 Å². The molecule has 2 aromatic carbocycles. The Labute approximate surface area is 111 Å². The van der Waals surface area contributed by atoms with Gasteiger partial charge in [-0.3, -0.25) is 4.79 Å². The van der Waals surface area contributed by atoms with Crippen molar-refractivity contribution in [1.82, 2.24) is 5.32 Å². The minimum Gasteiger partial charge on any atom is -0.423 e. The van der Waals surface area contributed by atoms with E-state index in [9.17, 15) is 4.79 Å². The summed E-state index contributed by atoms with van der Waals surface area (Å²) >= 11 is 0. The second-order valence-corrected chi connectivity index (χ2v) is 4.16. The molecular formula is C14H14BNO3. The van der Waals surface area contributed by atoms with Crippen LogP contribution in [0.2, 0.25) is 0 Å². The van der Waals surface area contributed by atoms with E-state index in [0.717, 1.165) is 5.56 Å².